The molecule has 0 spiro atoms. The quantitative estimate of drug-likeness (QED) is 0.644. The maximum atomic E-state index is 13.2. The Labute approximate surface area is 178 Å². The number of hydrogen-bond acceptors (Lipinski definition) is 4. The molecule has 2 N–H and O–H groups in total. The Hall–Kier alpha value is -2.68. The average Bonchev–Trinajstić information content (AvgIpc) is 2.73. The number of aromatic amines is 1. The zero-order chi connectivity index (χ0) is 21.3. The number of nitrogens with zero attached hydrogens (tertiary/aromatic N) is 1. The average molecular weight is 446 g/mol. The smallest absolute Gasteiger partial charge is 0.248 e. The summed E-state index contributed by atoms with van der Waals surface area (Å²) in [7, 11) is -3.77. The van der Waals surface area contributed by atoms with Gasteiger partial charge in [-0.3, -0.25) is 9.59 Å². The van der Waals surface area contributed by atoms with Crippen molar-refractivity contribution in [3.05, 3.63) is 70.0 Å². The van der Waals surface area contributed by atoms with Gasteiger partial charge in [0.15, 0.2) is 0 Å². The molecule has 156 valence electrons. The lowest BCUT2D eigenvalue weighted by molar-refractivity contribution is -0.120. The minimum Gasteiger partial charge on any atom is -0.326 e. The SMILES string of the molecule is O=C(Nc1cccc(Cl)c1)[C@H]1CCCN(S(=O)(=O)c2ccc3[nH]c(=O)ccc3c2)C1. The molecule has 2 aromatic carbocycles. The van der Waals surface area contributed by atoms with Gasteiger partial charge in [0.25, 0.3) is 0 Å². The van der Waals surface area contributed by atoms with Crippen molar-refractivity contribution in [2.24, 2.45) is 5.92 Å². The molecular formula is C21H20ClN3O4S. The highest BCUT2D eigenvalue weighted by Gasteiger charge is 2.33. The maximum absolute atomic E-state index is 13.2. The minimum absolute atomic E-state index is 0.110. The van der Waals surface area contributed by atoms with E-state index in [1.165, 1.54) is 22.5 Å². The molecule has 1 aromatic heterocycles. The van der Waals surface area contributed by atoms with E-state index in [0.717, 1.165) is 0 Å². The molecule has 1 aliphatic heterocycles. The molecule has 7 nitrogen and oxygen atoms in total. The molecule has 1 aliphatic rings. The summed E-state index contributed by atoms with van der Waals surface area (Å²) >= 11 is 5.96. The van der Waals surface area contributed by atoms with Crippen LogP contribution in [-0.2, 0) is 14.8 Å². The van der Waals surface area contributed by atoms with Crippen molar-refractivity contribution in [1.29, 1.82) is 0 Å². The largest absolute Gasteiger partial charge is 0.326 e. The van der Waals surface area contributed by atoms with Gasteiger partial charge in [-0.25, -0.2) is 8.42 Å². The first-order chi connectivity index (χ1) is 14.3. The van der Waals surface area contributed by atoms with Crippen molar-refractivity contribution < 1.29 is 13.2 Å². The van der Waals surface area contributed by atoms with Crippen LogP contribution in [0.2, 0.25) is 5.02 Å². The van der Waals surface area contributed by atoms with Crippen molar-refractivity contribution in [2.45, 2.75) is 17.7 Å². The van der Waals surface area contributed by atoms with Crippen LogP contribution >= 0.6 is 11.6 Å². The van der Waals surface area contributed by atoms with Crippen LogP contribution < -0.4 is 10.9 Å². The third-order valence-corrected chi connectivity index (χ3v) is 7.28. The maximum Gasteiger partial charge on any atom is 0.248 e. The van der Waals surface area contributed by atoms with E-state index in [0.29, 0.717) is 41.0 Å². The first kappa shape index (κ1) is 20.6. The summed E-state index contributed by atoms with van der Waals surface area (Å²) in [4.78, 5) is 26.9. The van der Waals surface area contributed by atoms with E-state index in [4.69, 9.17) is 11.6 Å². The van der Waals surface area contributed by atoms with Crippen LogP contribution in [0.5, 0.6) is 0 Å². The number of amides is 1. The summed E-state index contributed by atoms with van der Waals surface area (Å²) in [6, 6.07) is 14.4. The van der Waals surface area contributed by atoms with Crippen LogP contribution in [-0.4, -0.2) is 36.7 Å². The summed E-state index contributed by atoms with van der Waals surface area (Å²) in [5.74, 6) is -0.683. The fourth-order valence-electron chi connectivity index (χ4n) is 3.63. The van der Waals surface area contributed by atoms with Crippen LogP contribution in [0.1, 0.15) is 12.8 Å². The van der Waals surface area contributed by atoms with Crippen LogP contribution in [0.4, 0.5) is 5.69 Å². The number of sulfonamides is 1. The molecule has 1 fully saturated rings. The lowest BCUT2D eigenvalue weighted by Crippen LogP contribution is -2.43. The Bertz CT molecular complexity index is 1270. The molecule has 4 rings (SSSR count). The Morgan fingerprint density at radius 1 is 1.13 bits per heavy atom. The van der Waals surface area contributed by atoms with Gasteiger partial charge in [0, 0.05) is 35.4 Å². The lowest BCUT2D eigenvalue weighted by Gasteiger charge is -2.31. The van der Waals surface area contributed by atoms with Gasteiger partial charge in [-0.15, -0.1) is 0 Å². The molecular weight excluding hydrogens is 426 g/mol. The molecule has 3 aromatic rings. The van der Waals surface area contributed by atoms with Gasteiger partial charge in [0.2, 0.25) is 21.5 Å². The van der Waals surface area contributed by atoms with Gasteiger partial charge in [0.1, 0.15) is 0 Å². The van der Waals surface area contributed by atoms with Crippen molar-refractivity contribution >= 4 is 44.1 Å². The number of rotatable bonds is 4. The van der Waals surface area contributed by atoms with Gasteiger partial charge in [0.05, 0.1) is 10.8 Å². The fraction of sp³-hybridized carbons (Fsp3) is 0.238. The molecule has 1 amide bonds. The third kappa shape index (κ3) is 4.26. The molecule has 1 atom stereocenters. The van der Waals surface area contributed by atoms with Crippen LogP contribution in [0.3, 0.4) is 0 Å². The predicted molar refractivity (Wildman–Crippen MR) is 116 cm³/mol. The Morgan fingerprint density at radius 2 is 1.97 bits per heavy atom. The van der Waals surface area contributed by atoms with Crippen LogP contribution in [0.25, 0.3) is 10.9 Å². The van der Waals surface area contributed by atoms with E-state index in [1.807, 2.05) is 0 Å². The second-order valence-electron chi connectivity index (χ2n) is 7.27. The molecule has 2 heterocycles. The molecule has 1 saturated heterocycles. The number of carbonyl (C=O) groups excluding carboxylic acids is 1. The number of nitrogens with one attached hydrogen (secondary N) is 2. The number of piperidine rings is 1. The molecule has 0 bridgehead atoms. The molecule has 0 saturated carbocycles. The number of halogens is 1. The van der Waals surface area contributed by atoms with Gasteiger partial charge >= 0.3 is 0 Å². The topological polar surface area (TPSA) is 99.3 Å². The molecule has 0 unspecified atom stereocenters. The molecule has 0 aliphatic carbocycles. The Kier molecular flexibility index (Phi) is 5.64. The van der Waals surface area contributed by atoms with Crippen molar-refractivity contribution in [3.8, 4) is 0 Å². The molecule has 9 heteroatoms. The standard InChI is InChI=1S/C21H20ClN3O4S/c22-16-4-1-5-17(12-16)23-21(27)15-3-2-10-25(13-15)30(28,29)18-7-8-19-14(11-18)6-9-20(26)24-19/h1,4-9,11-12,15H,2-3,10,13H2,(H,23,27)(H,24,26)/t15-/m0/s1. The second kappa shape index (κ2) is 8.22. The second-order valence-corrected chi connectivity index (χ2v) is 9.65. The van der Waals surface area contributed by atoms with E-state index < -0.39 is 15.9 Å². The predicted octanol–water partition coefficient (Wildman–Crippen LogP) is 3.22. The first-order valence-electron chi connectivity index (χ1n) is 9.52. The summed E-state index contributed by atoms with van der Waals surface area (Å²) in [5, 5.41) is 3.96. The molecule has 30 heavy (non-hydrogen) atoms. The van der Waals surface area contributed by atoms with Crippen molar-refractivity contribution in [3.63, 3.8) is 0 Å². The van der Waals surface area contributed by atoms with Gasteiger partial charge in [-0.2, -0.15) is 4.31 Å². The molecule has 0 radical (unpaired) electrons. The summed E-state index contributed by atoms with van der Waals surface area (Å²) < 4.78 is 27.7. The number of hydrogen-bond donors (Lipinski definition) is 2. The monoisotopic (exact) mass is 445 g/mol. The number of benzene rings is 2. The number of carbonyl (C=O) groups is 1. The Balaban J connectivity index is 1.53. The number of H-pyrrole nitrogens is 1. The van der Waals surface area contributed by atoms with Crippen LogP contribution in [0.15, 0.2) is 64.3 Å². The van der Waals surface area contributed by atoms with Crippen molar-refractivity contribution in [1.82, 2.24) is 9.29 Å². The van der Waals surface area contributed by atoms with E-state index in [9.17, 15) is 18.0 Å². The summed E-state index contributed by atoms with van der Waals surface area (Å²) in [6.45, 7) is 0.464. The zero-order valence-electron chi connectivity index (χ0n) is 16.0. The third-order valence-electron chi connectivity index (χ3n) is 5.18. The Morgan fingerprint density at radius 3 is 2.77 bits per heavy atom. The highest BCUT2D eigenvalue weighted by molar-refractivity contribution is 7.89. The van der Waals surface area contributed by atoms with Gasteiger partial charge in [-0.1, -0.05) is 17.7 Å². The first-order valence-corrected chi connectivity index (χ1v) is 11.3. The van der Waals surface area contributed by atoms with Crippen LogP contribution in [0, 0.1) is 5.92 Å². The lowest BCUT2D eigenvalue weighted by atomic mass is 9.99. The van der Waals surface area contributed by atoms with E-state index in [2.05, 4.69) is 10.3 Å². The minimum atomic E-state index is -3.77. The number of pyridine rings is 1. The van der Waals surface area contributed by atoms with E-state index in [1.54, 1.807) is 36.4 Å². The zero-order valence-corrected chi connectivity index (χ0v) is 17.5. The van der Waals surface area contributed by atoms with Crippen molar-refractivity contribution in [2.75, 3.05) is 18.4 Å². The van der Waals surface area contributed by atoms with E-state index in [-0.39, 0.29) is 22.9 Å². The van der Waals surface area contributed by atoms with Gasteiger partial charge in [-0.05, 0) is 60.7 Å². The highest BCUT2D eigenvalue weighted by Crippen LogP contribution is 2.26. The number of aromatic nitrogens is 1. The normalized spacial score (nSPS) is 17.7. The van der Waals surface area contributed by atoms with Gasteiger partial charge < -0.3 is 10.3 Å². The summed E-state index contributed by atoms with van der Waals surface area (Å²) in [6.07, 6.45) is 1.20. The number of anilines is 1. The highest BCUT2D eigenvalue weighted by atomic mass is 35.5. The van der Waals surface area contributed by atoms with E-state index >= 15 is 0 Å². The fourth-order valence-corrected chi connectivity index (χ4v) is 5.38. The summed E-state index contributed by atoms with van der Waals surface area (Å²) in [5.41, 5.74) is 0.901. The number of fused-ring (bicyclic) bond motifs is 1.